The van der Waals surface area contributed by atoms with Crippen LogP contribution < -0.4 is 3.18 Å². The van der Waals surface area contributed by atoms with Gasteiger partial charge in [0.15, 0.2) is 0 Å². The van der Waals surface area contributed by atoms with Crippen molar-refractivity contribution < 1.29 is 8.81 Å². The second kappa shape index (κ2) is 18.1. The predicted octanol–water partition coefficient (Wildman–Crippen LogP) is 0.350. The summed E-state index contributed by atoms with van der Waals surface area (Å²) in [7, 11) is 0. The second-order valence-corrected chi connectivity index (χ2v) is 17.7. The van der Waals surface area contributed by atoms with E-state index in [1.165, 1.54) is 0 Å². The van der Waals surface area contributed by atoms with Gasteiger partial charge >= 0.3 is 99.2 Å². The maximum atomic E-state index is 8.62. The van der Waals surface area contributed by atoms with E-state index < -0.39 is 44.0 Å². The van der Waals surface area contributed by atoms with Crippen LogP contribution in [0.4, 0.5) is 0 Å². The fourth-order valence-corrected chi connectivity index (χ4v) is 0. The third-order valence-corrected chi connectivity index (χ3v) is 0. The summed E-state index contributed by atoms with van der Waals surface area (Å²) in [6.07, 6.45) is 0. The van der Waals surface area contributed by atoms with Crippen LogP contribution >= 0.6 is 0 Å². The molecule has 0 aromatic rings. The summed E-state index contributed by atoms with van der Waals surface area (Å²) in [5.74, 6) is 0. The summed E-state index contributed by atoms with van der Waals surface area (Å²) < 4.78 is 37.6. The van der Waals surface area contributed by atoms with E-state index in [4.69, 9.17) is 8.81 Å². The molecule has 0 heterocycles. The first-order valence-corrected chi connectivity index (χ1v) is 24.4. The molecule has 0 N–H and O–H groups in total. The minimum absolute atomic E-state index is 0.167. The molecule has 0 amide bonds. The van der Waals surface area contributed by atoms with Crippen molar-refractivity contribution in [3.8, 4) is 0 Å². The molecule has 3 nitrogen and oxygen atoms in total. The number of hydrogen-bond donors (Lipinski definition) is 0. The zero-order chi connectivity index (χ0) is 9.86. The quantitative estimate of drug-likeness (QED) is 0.337. The molecule has 0 aliphatic carbocycles. The first kappa shape index (κ1) is 18.9. The van der Waals surface area contributed by atoms with Gasteiger partial charge in [0, 0.05) is 0 Å². The van der Waals surface area contributed by atoms with Crippen LogP contribution in [0.3, 0.4) is 0 Å². The Bertz CT molecular complexity index is 101. The van der Waals surface area contributed by atoms with E-state index in [1.54, 1.807) is 0 Å². The summed E-state index contributed by atoms with van der Waals surface area (Å²) in [4.78, 5) is 0. The zero-order valence-corrected chi connectivity index (χ0v) is 18.0. The first-order chi connectivity index (χ1) is 4.88. The summed E-state index contributed by atoms with van der Waals surface area (Å²) in [6.45, 7) is 0. The van der Waals surface area contributed by atoms with Crippen molar-refractivity contribution in [3.05, 3.63) is 0 Å². The topological polar surface area (TPSA) is 57.2 Å². The Balaban J connectivity index is -0.0000000886. The first-order valence-electron chi connectivity index (χ1n) is 2.78. The molecule has 0 aliphatic rings. The van der Waals surface area contributed by atoms with E-state index in [0.717, 1.165) is 0 Å². The Morgan fingerprint density at radius 2 is 1.09 bits per heavy atom. The van der Waals surface area contributed by atoms with Crippen molar-refractivity contribution >= 4 is 67.2 Å². The minimum atomic E-state index is -4.34. The van der Waals surface area contributed by atoms with Crippen LogP contribution in [0.25, 0.3) is 0 Å². The molecule has 0 rings (SSSR count). The third-order valence-electron chi connectivity index (χ3n) is 0. The summed E-state index contributed by atoms with van der Waals surface area (Å²) in [5, 5.41) is 0. The molecule has 0 spiro atoms. The van der Waals surface area contributed by atoms with Gasteiger partial charge in [0.25, 0.3) is 0 Å². The molecule has 0 aromatic heterocycles. The Morgan fingerprint density at radius 1 is 1.09 bits per heavy atom. The Hall–Kier alpha value is 2.21. The molecule has 0 saturated carbocycles. The van der Waals surface area contributed by atoms with Gasteiger partial charge in [-0.3, -0.25) is 0 Å². The van der Waals surface area contributed by atoms with E-state index in [-0.39, 0.29) is 23.2 Å². The average Bonchev–Trinajstić information content (AvgIpc) is 1.60. The molecule has 0 unspecified atom stereocenters. The molecule has 2 radical (unpaired) electrons. The molecule has 0 saturated heterocycles. The number of hydrogen-bond acceptors (Lipinski definition) is 3. The third kappa shape index (κ3) is 261. The molecule has 68 valence electrons. The van der Waals surface area contributed by atoms with Gasteiger partial charge in [-0.2, -0.15) is 0 Å². The monoisotopic (exact) mass is 750 g/mol. The standard InChI is InChI=1S/5CH3.3Bi.3O/h5*1H3;;;;;;/q;;;;;;;+1;;;-1. The Morgan fingerprint density at radius 3 is 1.09 bits per heavy atom. The molecular formula is C5H15Bi3O3. The summed E-state index contributed by atoms with van der Waals surface area (Å²) >= 11 is -4.77. The van der Waals surface area contributed by atoms with E-state index in [9.17, 15) is 0 Å². The van der Waals surface area contributed by atoms with Crippen LogP contribution in [0.15, 0.2) is 0 Å². The van der Waals surface area contributed by atoms with Gasteiger partial charge in [0.05, 0.1) is 0 Å². The molecule has 0 aliphatic heterocycles. The Labute approximate surface area is 97.4 Å². The summed E-state index contributed by atoms with van der Waals surface area (Å²) in [5.41, 5.74) is 0. The fourth-order valence-electron chi connectivity index (χ4n) is 0. The van der Waals surface area contributed by atoms with Gasteiger partial charge in [0.2, 0.25) is 0 Å². The van der Waals surface area contributed by atoms with Gasteiger partial charge in [-0.15, -0.1) is 0 Å². The molecule has 0 atom stereocenters. The molecule has 0 fully saturated rings. The van der Waals surface area contributed by atoms with Crippen LogP contribution in [-0.2, 0) is 5.63 Å². The average molecular weight is 750 g/mol. The van der Waals surface area contributed by atoms with Crippen LogP contribution in [0.1, 0.15) is 0 Å². The van der Waals surface area contributed by atoms with Crippen LogP contribution in [-0.4, -0.2) is 67.2 Å². The van der Waals surface area contributed by atoms with Crippen molar-refractivity contribution in [2.24, 2.45) is 0 Å². The van der Waals surface area contributed by atoms with E-state index in [1.807, 2.05) is 0 Å². The van der Waals surface area contributed by atoms with Gasteiger partial charge in [-0.05, 0) is 0 Å². The van der Waals surface area contributed by atoms with E-state index in [0.29, 0.717) is 0 Å². The van der Waals surface area contributed by atoms with Crippen LogP contribution in [0.2, 0.25) is 23.2 Å². The molecule has 11 heavy (non-hydrogen) atoms. The predicted molar refractivity (Wildman–Crippen MR) is 48.0 cm³/mol. The van der Waals surface area contributed by atoms with Crippen molar-refractivity contribution in [1.82, 2.24) is 0 Å². The zero-order valence-electron chi connectivity index (χ0n) is 7.57. The SMILES string of the molecule is [CH3][Bi+][CH3].[CH3][Bi]([CH3])[CH3].[O]=[Bi](=[O])[O-]. The normalized spacial score (nSPS) is 7.18. The van der Waals surface area contributed by atoms with Crippen LogP contribution in [0.5, 0.6) is 0 Å². The summed E-state index contributed by atoms with van der Waals surface area (Å²) in [6, 6.07) is 0. The second-order valence-electron chi connectivity index (χ2n) is 2.01. The molecule has 6 heteroatoms. The van der Waals surface area contributed by atoms with Gasteiger partial charge in [-0.25, -0.2) is 0 Å². The number of rotatable bonds is 0. The van der Waals surface area contributed by atoms with E-state index >= 15 is 0 Å². The fraction of sp³-hybridized carbons (Fsp3) is 1.00. The van der Waals surface area contributed by atoms with E-state index in [2.05, 4.69) is 23.2 Å². The molecule has 0 aromatic carbocycles. The van der Waals surface area contributed by atoms with Crippen molar-refractivity contribution in [2.45, 2.75) is 23.2 Å². The van der Waals surface area contributed by atoms with Crippen molar-refractivity contribution in [3.63, 3.8) is 0 Å². The van der Waals surface area contributed by atoms with Gasteiger partial charge in [-0.1, -0.05) is 0 Å². The molecular weight excluding hydrogens is 735 g/mol. The van der Waals surface area contributed by atoms with Gasteiger partial charge < -0.3 is 0 Å². The maximum absolute atomic E-state index is 8.62. The molecule has 0 bridgehead atoms. The van der Waals surface area contributed by atoms with Crippen molar-refractivity contribution in [1.29, 1.82) is 0 Å². The van der Waals surface area contributed by atoms with Crippen LogP contribution in [0, 0.1) is 0 Å². The van der Waals surface area contributed by atoms with Crippen molar-refractivity contribution in [2.75, 3.05) is 0 Å². The Kier molecular flexibility index (Phi) is 31.1. The van der Waals surface area contributed by atoms with Gasteiger partial charge in [0.1, 0.15) is 0 Å².